The summed E-state index contributed by atoms with van der Waals surface area (Å²) in [5.74, 6) is 3.78. The first-order chi connectivity index (χ1) is 9.52. The Labute approximate surface area is 122 Å². The molecule has 20 heavy (non-hydrogen) atoms. The molecule has 112 valence electrons. The van der Waals surface area contributed by atoms with Gasteiger partial charge in [0.15, 0.2) is 11.7 Å². The minimum Gasteiger partial charge on any atom is -0.445 e. The van der Waals surface area contributed by atoms with Crippen molar-refractivity contribution in [2.75, 3.05) is 38.3 Å². The van der Waals surface area contributed by atoms with E-state index >= 15 is 0 Å². The van der Waals surface area contributed by atoms with Crippen LogP contribution in [0.3, 0.4) is 0 Å². The smallest absolute Gasteiger partial charge is 0.274 e. The van der Waals surface area contributed by atoms with Gasteiger partial charge < -0.3 is 20.0 Å². The summed E-state index contributed by atoms with van der Waals surface area (Å²) >= 11 is 1.70. The Morgan fingerprint density at radius 1 is 1.55 bits per heavy atom. The third-order valence-corrected chi connectivity index (χ3v) is 3.38. The molecule has 0 radical (unpaired) electrons. The molecule has 0 aliphatic carbocycles. The predicted octanol–water partition coefficient (Wildman–Crippen LogP) is 1.46. The summed E-state index contributed by atoms with van der Waals surface area (Å²) in [6, 6.07) is 3.90. The first-order valence-corrected chi connectivity index (χ1v) is 7.29. The summed E-state index contributed by atoms with van der Waals surface area (Å²) in [6.07, 6.45) is 0.917. The van der Waals surface area contributed by atoms with Gasteiger partial charge in [-0.25, -0.2) is 0 Å². The molecule has 0 unspecified atom stereocenters. The zero-order valence-electron chi connectivity index (χ0n) is 11.9. The molecule has 2 N–H and O–H groups in total. The van der Waals surface area contributed by atoms with Crippen molar-refractivity contribution in [2.45, 2.75) is 5.75 Å². The van der Waals surface area contributed by atoms with Crippen molar-refractivity contribution in [3.8, 4) is 0 Å². The van der Waals surface area contributed by atoms with Crippen molar-refractivity contribution < 1.29 is 9.34 Å². The molecule has 1 heterocycles. The molecule has 0 atom stereocenters. The van der Waals surface area contributed by atoms with Crippen LogP contribution in [0, 0.1) is 10.1 Å². The summed E-state index contributed by atoms with van der Waals surface area (Å²) in [5.41, 5.74) is 0. The number of thioether (sulfide) groups is 1. The van der Waals surface area contributed by atoms with Gasteiger partial charge in [-0.15, -0.1) is 0 Å². The highest BCUT2D eigenvalue weighted by Gasteiger charge is 2.04. The van der Waals surface area contributed by atoms with E-state index in [1.165, 1.54) is 0 Å². The molecule has 0 aliphatic rings. The van der Waals surface area contributed by atoms with Gasteiger partial charge in [-0.3, -0.25) is 10.1 Å². The molecule has 0 fully saturated rings. The van der Waals surface area contributed by atoms with Crippen LogP contribution in [0.5, 0.6) is 0 Å². The van der Waals surface area contributed by atoms with Gasteiger partial charge in [0, 0.05) is 39.5 Å². The van der Waals surface area contributed by atoms with E-state index in [2.05, 4.69) is 10.6 Å². The Hall–Kier alpha value is -1.83. The van der Waals surface area contributed by atoms with Crippen LogP contribution in [-0.2, 0) is 5.75 Å². The average molecular weight is 300 g/mol. The third kappa shape index (κ3) is 5.87. The second-order valence-corrected chi connectivity index (χ2v) is 5.30. The first kappa shape index (κ1) is 16.2. The van der Waals surface area contributed by atoms with Crippen molar-refractivity contribution in [3.63, 3.8) is 0 Å². The molecule has 0 saturated carbocycles. The van der Waals surface area contributed by atoms with E-state index in [0.717, 1.165) is 29.4 Å². The molecule has 1 aromatic heterocycles. The minimum absolute atomic E-state index is 0.406. The Balaban J connectivity index is 2.23. The highest BCUT2D eigenvalue weighted by molar-refractivity contribution is 7.98. The van der Waals surface area contributed by atoms with Gasteiger partial charge in [-0.2, -0.15) is 11.8 Å². The van der Waals surface area contributed by atoms with Crippen LogP contribution >= 0.6 is 11.8 Å². The van der Waals surface area contributed by atoms with Crippen molar-refractivity contribution in [1.82, 2.24) is 10.6 Å². The van der Waals surface area contributed by atoms with Gasteiger partial charge in [0.1, 0.15) is 5.76 Å². The van der Waals surface area contributed by atoms with Crippen LogP contribution in [0.25, 0.3) is 0 Å². The van der Waals surface area contributed by atoms with E-state index in [4.69, 9.17) is 4.42 Å². The molecule has 1 aromatic rings. The molecular weight excluding hydrogens is 280 g/mol. The maximum atomic E-state index is 10.3. The molecule has 1 rings (SSSR count). The molecule has 0 saturated heterocycles. The van der Waals surface area contributed by atoms with Crippen LogP contribution < -0.4 is 15.5 Å². The molecule has 8 heteroatoms. The molecule has 0 amide bonds. The van der Waals surface area contributed by atoms with Gasteiger partial charge in [0.05, 0.1) is 10.7 Å². The largest absolute Gasteiger partial charge is 0.445 e. The monoisotopic (exact) mass is 300 g/mol. The summed E-state index contributed by atoms with van der Waals surface area (Å²) in [6.45, 7) is 0.645. The van der Waals surface area contributed by atoms with E-state index in [0.29, 0.717) is 12.4 Å². The Bertz CT molecular complexity index is 459. The van der Waals surface area contributed by atoms with E-state index in [1.807, 2.05) is 31.1 Å². The Morgan fingerprint density at radius 2 is 2.30 bits per heavy atom. The fraction of sp³-hybridized carbons (Fsp3) is 0.500. The van der Waals surface area contributed by atoms with Gasteiger partial charge >= 0.3 is 0 Å². The number of hydrogen-bond acceptors (Lipinski definition) is 7. The number of nitrogens with zero attached hydrogens (tertiary/aromatic N) is 2. The number of furan rings is 1. The van der Waals surface area contributed by atoms with Crippen molar-refractivity contribution >= 4 is 17.6 Å². The second-order valence-electron chi connectivity index (χ2n) is 4.19. The lowest BCUT2D eigenvalue weighted by atomic mass is 10.5. The van der Waals surface area contributed by atoms with E-state index < -0.39 is 4.92 Å². The van der Waals surface area contributed by atoms with Crippen molar-refractivity contribution in [2.24, 2.45) is 0 Å². The quantitative estimate of drug-likeness (QED) is 0.406. The maximum absolute atomic E-state index is 10.3. The van der Waals surface area contributed by atoms with Gasteiger partial charge in [0.2, 0.25) is 0 Å². The molecule has 0 aliphatic heterocycles. The van der Waals surface area contributed by atoms with Crippen LogP contribution in [0.1, 0.15) is 5.76 Å². The van der Waals surface area contributed by atoms with Crippen LogP contribution in [0.2, 0.25) is 0 Å². The summed E-state index contributed by atoms with van der Waals surface area (Å²) in [4.78, 5) is 11.8. The minimum atomic E-state index is -0.488. The second kappa shape index (κ2) is 8.36. The number of nitro groups is 1. The number of rotatable bonds is 9. The molecule has 0 aromatic carbocycles. The lowest BCUT2D eigenvalue weighted by Crippen LogP contribution is -2.26. The van der Waals surface area contributed by atoms with Crippen LogP contribution in [-0.4, -0.2) is 38.4 Å². The van der Waals surface area contributed by atoms with Crippen LogP contribution in [0.15, 0.2) is 28.6 Å². The Morgan fingerprint density at radius 3 is 2.85 bits per heavy atom. The molecule has 0 spiro atoms. The number of nitrogens with one attached hydrogen (secondary N) is 2. The zero-order chi connectivity index (χ0) is 15.0. The van der Waals surface area contributed by atoms with E-state index in [1.54, 1.807) is 18.8 Å². The van der Waals surface area contributed by atoms with Gasteiger partial charge in [-0.1, -0.05) is 0 Å². The summed E-state index contributed by atoms with van der Waals surface area (Å²) < 4.78 is 5.62. The number of anilines is 1. The standard InChI is InChI=1S/C12H20N4O3S/c1-13-11(8-16(17)18)14-6-7-20-9-10-4-5-12(19-10)15(2)3/h4-5,8,13-14H,6-7,9H2,1-3H3/b11-8+. The molecule has 0 bridgehead atoms. The van der Waals surface area contributed by atoms with E-state index in [-0.39, 0.29) is 0 Å². The fourth-order valence-electron chi connectivity index (χ4n) is 1.42. The fourth-order valence-corrected chi connectivity index (χ4v) is 2.17. The van der Waals surface area contributed by atoms with Gasteiger partial charge in [-0.05, 0) is 6.07 Å². The molecule has 7 nitrogen and oxygen atoms in total. The highest BCUT2D eigenvalue weighted by atomic mass is 32.2. The Kier molecular flexibility index (Phi) is 6.78. The van der Waals surface area contributed by atoms with Crippen molar-refractivity contribution in [1.29, 1.82) is 0 Å². The van der Waals surface area contributed by atoms with Gasteiger partial charge in [0.25, 0.3) is 6.20 Å². The summed E-state index contributed by atoms with van der Waals surface area (Å²) in [5, 5.41) is 16.0. The lowest BCUT2D eigenvalue weighted by molar-refractivity contribution is -0.404. The normalized spacial score (nSPS) is 11.2. The summed E-state index contributed by atoms with van der Waals surface area (Å²) in [7, 11) is 5.50. The van der Waals surface area contributed by atoms with Crippen molar-refractivity contribution in [3.05, 3.63) is 40.0 Å². The van der Waals surface area contributed by atoms with E-state index in [9.17, 15) is 10.1 Å². The van der Waals surface area contributed by atoms with Crippen LogP contribution in [0.4, 0.5) is 5.88 Å². The average Bonchev–Trinajstić information content (AvgIpc) is 2.85. The highest BCUT2D eigenvalue weighted by Crippen LogP contribution is 2.19. The molecular formula is C12H20N4O3S. The number of hydrogen-bond donors (Lipinski definition) is 2. The maximum Gasteiger partial charge on any atom is 0.274 e. The third-order valence-electron chi connectivity index (χ3n) is 2.40. The zero-order valence-corrected chi connectivity index (χ0v) is 12.7. The topological polar surface area (TPSA) is 83.6 Å². The predicted molar refractivity (Wildman–Crippen MR) is 81.3 cm³/mol. The SMILES string of the molecule is CN/C(=C\[N+](=O)[O-])NCCSCc1ccc(N(C)C)o1. The lowest BCUT2D eigenvalue weighted by Gasteiger charge is -2.08. The first-order valence-electron chi connectivity index (χ1n) is 6.13.